The third kappa shape index (κ3) is 5.15. The van der Waals surface area contributed by atoms with Crippen molar-refractivity contribution in [3.8, 4) is 22.5 Å². The molecule has 0 bridgehead atoms. The van der Waals surface area contributed by atoms with Gasteiger partial charge in [0.25, 0.3) is 0 Å². The summed E-state index contributed by atoms with van der Waals surface area (Å²) < 4.78 is 13.2. The van der Waals surface area contributed by atoms with Crippen LogP contribution in [-0.4, -0.2) is 26.4 Å². The number of pyridine rings is 1. The zero-order chi connectivity index (χ0) is 22.3. The molecular formula is C24H22FN5O2. The predicted molar refractivity (Wildman–Crippen MR) is 122 cm³/mol. The number of halogens is 1. The fraction of sp³-hybridized carbons (Fsp3) is 0.167. The van der Waals surface area contributed by atoms with Gasteiger partial charge < -0.3 is 10.3 Å². The molecule has 0 radical (unpaired) electrons. The van der Waals surface area contributed by atoms with Crippen molar-refractivity contribution in [2.45, 2.75) is 19.3 Å². The maximum atomic E-state index is 13.2. The molecule has 2 N–H and O–H groups in total. The van der Waals surface area contributed by atoms with Crippen molar-refractivity contribution < 1.29 is 9.31 Å². The van der Waals surface area contributed by atoms with Crippen LogP contribution in [0.15, 0.2) is 72.9 Å². The van der Waals surface area contributed by atoms with Crippen LogP contribution in [0.5, 0.6) is 0 Å². The summed E-state index contributed by atoms with van der Waals surface area (Å²) in [5.41, 5.74) is 3.22. The van der Waals surface area contributed by atoms with Crippen LogP contribution >= 0.6 is 0 Å². The second-order valence-electron chi connectivity index (χ2n) is 7.32. The summed E-state index contributed by atoms with van der Waals surface area (Å²) in [4.78, 5) is 23.1. The van der Waals surface area contributed by atoms with Crippen LogP contribution in [0.1, 0.15) is 18.7 Å². The smallest absolute Gasteiger partial charge is 0.311 e. The molecule has 32 heavy (non-hydrogen) atoms. The van der Waals surface area contributed by atoms with Crippen LogP contribution < -0.4 is 5.32 Å². The van der Waals surface area contributed by atoms with E-state index in [-0.39, 0.29) is 17.3 Å². The molecule has 0 atom stereocenters. The normalized spacial score (nSPS) is 10.8. The van der Waals surface area contributed by atoms with Crippen molar-refractivity contribution in [3.05, 3.63) is 94.7 Å². The molecule has 8 heteroatoms. The van der Waals surface area contributed by atoms with Gasteiger partial charge in [0.15, 0.2) is 0 Å². The zero-order valence-corrected chi connectivity index (χ0v) is 17.3. The van der Waals surface area contributed by atoms with Gasteiger partial charge in [-0.2, -0.15) is 0 Å². The summed E-state index contributed by atoms with van der Waals surface area (Å²) in [6, 6.07) is 18.9. The predicted octanol–water partition coefficient (Wildman–Crippen LogP) is 5.62. The molecule has 0 aliphatic heterocycles. The lowest BCUT2D eigenvalue weighted by molar-refractivity contribution is -0.384. The van der Waals surface area contributed by atoms with E-state index >= 15 is 0 Å². The first-order valence-corrected chi connectivity index (χ1v) is 10.3. The van der Waals surface area contributed by atoms with Gasteiger partial charge in [-0.15, -0.1) is 0 Å². The number of H-pyrrole nitrogens is 1. The number of unbranched alkanes of at least 4 members (excludes halogenated alkanes) is 1. The molecular weight excluding hydrogens is 409 g/mol. The monoisotopic (exact) mass is 431 g/mol. The highest BCUT2D eigenvalue weighted by molar-refractivity contribution is 5.66. The van der Waals surface area contributed by atoms with Crippen LogP contribution in [-0.2, 0) is 6.42 Å². The summed E-state index contributed by atoms with van der Waals surface area (Å²) in [5.74, 6) is 0.772. The topological polar surface area (TPSA) is 96.7 Å². The lowest BCUT2D eigenvalue weighted by atomic mass is 10.1. The summed E-state index contributed by atoms with van der Waals surface area (Å²) in [7, 11) is 0. The molecule has 162 valence electrons. The molecule has 2 aromatic heterocycles. The third-order valence-electron chi connectivity index (χ3n) is 5.06. The first-order chi connectivity index (χ1) is 15.6. The molecule has 2 heterocycles. The first kappa shape index (κ1) is 21.2. The molecule has 0 fully saturated rings. The Labute approximate surface area is 184 Å². The molecule has 2 aromatic carbocycles. The number of anilines is 1. The number of aryl methyl sites for hydroxylation is 1. The van der Waals surface area contributed by atoms with Crippen LogP contribution in [0.2, 0.25) is 0 Å². The lowest BCUT2D eigenvalue weighted by Gasteiger charge is -2.08. The number of imidazole rings is 1. The van der Waals surface area contributed by atoms with E-state index in [2.05, 4.69) is 20.3 Å². The standard InChI is InChI=1S/C24H22FN5O2/c25-19-11-9-18(10-12-19)20-13-14-22(30(31)32)24(29-20)26-15-5-4-8-23-27-16-21(28-23)17-6-2-1-3-7-17/h1-3,6-7,9-14,16H,4-5,8,15H2,(H,26,29)(H,27,28). The van der Waals surface area contributed by atoms with Gasteiger partial charge in [-0.3, -0.25) is 10.1 Å². The van der Waals surface area contributed by atoms with Gasteiger partial charge in [-0.25, -0.2) is 14.4 Å². The molecule has 0 unspecified atom stereocenters. The molecule has 0 aliphatic rings. The minimum Gasteiger partial charge on any atom is -0.364 e. The Kier molecular flexibility index (Phi) is 6.50. The Morgan fingerprint density at radius 3 is 2.50 bits per heavy atom. The Hall–Kier alpha value is -4.07. The molecule has 4 rings (SSSR count). The number of nitro groups is 1. The van der Waals surface area contributed by atoms with Gasteiger partial charge in [0.2, 0.25) is 5.82 Å². The van der Waals surface area contributed by atoms with Gasteiger partial charge in [0.1, 0.15) is 11.6 Å². The Morgan fingerprint density at radius 2 is 1.75 bits per heavy atom. The average molecular weight is 431 g/mol. The highest BCUT2D eigenvalue weighted by atomic mass is 19.1. The molecule has 7 nitrogen and oxygen atoms in total. The van der Waals surface area contributed by atoms with Crippen molar-refractivity contribution in [2.24, 2.45) is 0 Å². The highest BCUT2D eigenvalue weighted by Crippen LogP contribution is 2.27. The van der Waals surface area contributed by atoms with Crippen LogP contribution in [0, 0.1) is 15.9 Å². The SMILES string of the molecule is O=[N+]([O-])c1ccc(-c2ccc(F)cc2)nc1NCCCCc1ncc(-c2ccccc2)[nH]1. The number of hydrogen-bond acceptors (Lipinski definition) is 5. The number of benzene rings is 2. The van der Waals surface area contributed by atoms with E-state index in [1.54, 1.807) is 18.2 Å². The van der Waals surface area contributed by atoms with Crippen molar-refractivity contribution >= 4 is 11.5 Å². The van der Waals surface area contributed by atoms with E-state index in [1.807, 2.05) is 36.5 Å². The van der Waals surface area contributed by atoms with E-state index < -0.39 is 4.92 Å². The molecule has 0 saturated carbocycles. The van der Waals surface area contributed by atoms with E-state index in [0.717, 1.165) is 36.3 Å². The number of nitrogens with one attached hydrogen (secondary N) is 2. The third-order valence-corrected chi connectivity index (χ3v) is 5.06. The fourth-order valence-corrected chi connectivity index (χ4v) is 3.39. The maximum absolute atomic E-state index is 13.2. The number of aromatic amines is 1. The number of hydrogen-bond donors (Lipinski definition) is 2. The number of rotatable bonds is 9. The average Bonchev–Trinajstić information content (AvgIpc) is 3.29. The minimum absolute atomic E-state index is 0.0885. The quantitative estimate of drug-likeness (QED) is 0.204. The Morgan fingerprint density at radius 1 is 0.969 bits per heavy atom. The van der Waals surface area contributed by atoms with E-state index in [1.165, 1.54) is 18.2 Å². The van der Waals surface area contributed by atoms with Crippen molar-refractivity contribution in [1.29, 1.82) is 0 Å². The van der Waals surface area contributed by atoms with E-state index in [9.17, 15) is 14.5 Å². The second-order valence-corrected chi connectivity index (χ2v) is 7.32. The Bertz CT molecular complexity index is 1190. The molecule has 0 saturated heterocycles. The first-order valence-electron chi connectivity index (χ1n) is 10.3. The fourth-order valence-electron chi connectivity index (χ4n) is 3.39. The zero-order valence-electron chi connectivity index (χ0n) is 17.3. The number of aromatic nitrogens is 3. The largest absolute Gasteiger partial charge is 0.364 e. The van der Waals surface area contributed by atoms with Crippen LogP contribution in [0.3, 0.4) is 0 Å². The second kappa shape index (κ2) is 9.82. The molecule has 0 spiro atoms. The van der Waals surface area contributed by atoms with Crippen molar-refractivity contribution in [2.75, 3.05) is 11.9 Å². The van der Waals surface area contributed by atoms with E-state index in [4.69, 9.17) is 0 Å². The molecule has 0 aliphatic carbocycles. The summed E-state index contributed by atoms with van der Waals surface area (Å²) in [5, 5.41) is 14.4. The van der Waals surface area contributed by atoms with Gasteiger partial charge in [0, 0.05) is 24.6 Å². The van der Waals surface area contributed by atoms with Gasteiger partial charge in [-0.1, -0.05) is 30.3 Å². The summed E-state index contributed by atoms with van der Waals surface area (Å²) in [6.45, 7) is 0.535. The Balaban J connectivity index is 1.34. The minimum atomic E-state index is -0.461. The molecule has 0 amide bonds. The van der Waals surface area contributed by atoms with Crippen LogP contribution in [0.25, 0.3) is 22.5 Å². The number of nitrogens with zero attached hydrogens (tertiary/aromatic N) is 3. The van der Waals surface area contributed by atoms with Gasteiger partial charge in [-0.05, 0) is 48.7 Å². The summed E-state index contributed by atoms with van der Waals surface area (Å²) >= 11 is 0. The lowest BCUT2D eigenvalue weighted by Crippen LogP contribution is -2.07. The van der Waals surface area contributed by atoms with Crippen molar-refractivity contribution in [1.82, 2.24) is 15.0 Å². The van der Waals surface area contributed by atoms with Crippen molar-refractivity contribution in [3.63, 3.8) is 0 Å². The van der Waals surface area contributed by atoms with E-state index in [0.29, 0.717) is 17.8 Å². The van der Waals surface area contributed by atoms with Crippen LogP contribution in [0.4, 0.5) is 15.9 Å². The van der Waals surface area contributed by atoms with Gasteiger partial charge in [0.05, 0.1) is 22.5 Å². The maximum Gasteiger partial charge on any atom is 0.311 e. The summed E-state index contributed by atoms with van der Waals surface area (Å²) in [6.07, 6.45) is 4.26. The van der Waals surface area contributed by atoms with Gasteiger partial charge >= 0.3 is 5.69 Å². The molecule has 4 aromatic rings. The highest BCUT2D eigenvalue weighted by Gasteiger charge is 2.16.